The summed E-state index contributed by atoms with van der Waals surface area (Å²) in [6.07, 6.45) is 1.82. The maximum Gasteiger partial charge on any atom is 0.158 e. The molecule has 1 N–H and O–H groups in total. The molecule has 7 heteroatoms. The molecule has 1 aromatic heterocycles. The number of benzene rings is 2. The standard InChI is InChI=1S/C27H28F3NO3/c1-15-9-20-19-7-5-6-8-23(19)34-26(20)25(31(15)14-27(3,4)30)24-21(28)11-17(12-22(24)29)10-18(13-32)16(2)33/h5-8,10-12,15,25,32H,9,13-14H2,1-4H3/b18-10-/t15-,25-/m0/s1. The van der Waals surface area contributed by atoms with E-state index in [1.807, 2.05) is 25.1 Å². The number of halogens is 3. The normalized spacial score (nSPS) is 19.5. The van der Waals surface area contributed by atoms with Crippen molar-refractivity contribution in [3.63, 3.8) is 0 Å². The third-order valence-corrected chi connectivity index (χ3v) is 6.27. The molecule has 2 heterocycles. The van der Waals surface area contributed by atoms with E-state index in [0.717, 1.165) is 23.1 Å². The summed E-state index contributed by atoms with van der Waals surface area (Å²) in [5.41, 5.74) is -0.212. The molecule has 0 radical (unpaired) electrons. The number of carbonyl (C=O) groups excluding carboxylic acids is 1. The van der Waals surface area contributed by atoms with Crippen molar-refractivity contribution in [2.24, 2.45) is 0 Å². The first kappa shape index (κ1) is 24.2. The molecule has 0 fully saturated rings. The van der Waals surface area contributed by atoms with Crippen molar-refractivity contribution < 1.29 is 27.5 Å². The van der Waals surface area contributed by atoms with Gasteiger partial charge in [-0.05, 0) is 64.0 Å². The zero-order valence-corrected chi connectivity index (χ0v) is 19.7. The number of hydrogen-bond donors (Lipinski definition) is 1. The minimum atomic E-state index is -1.61. The van der Waals surface area contributed by atoms with E-state index in [2.05, 4.69) is 0 Å². The SMILES string of the molecule is CC(=O)/C(=C\c1cc(F)c([C@H]2c3oc4ccccc4c3C[C@H](C)N2CC(C)(C)F)c(F)c1)CO. The largest absolute Gasteiger partial charge is 0.459 e. The average Bonchev–Trinajstić information content (AvgIpc) is 3.10. The van der Waals surface area contributed by atoms with Crippen molar-refractivity contribution in [1.82, 2.24) is 4.90 Å². The minimum Gasteiger partial charge on any atom is -0.459 e. The molecule has 4 nitrogen and oxygen atoms in total. The molecule has 0 saturated carbocycles. The Kier molecular flexibility index (Phi) is 6.44. The Morgan fingerprint density at radius 3 is 2.47 bits per heavy atom. The molecule has 4 rings (SSSR count). The van der Waals surface area contributed by atoms with Crippen LogP contribution in [-0.4, -0.2) is 40.7 Å². The first-order valence-corrected chi connectivity index (χ1v) is 11.3. The number of nitrogens with zero attached hydrogens (tertiary/aromatic N) is 1. The lowest BCUT2D eigenvalue weighted by Gasteiger charge is -2.42. The Morgan fingerprint density at radius 2 is 1.88 bits per heavy atom. The Bertz CT molecular complexity index is 1250. The molecular formula is C27H28F3NO3. The minimum absolute atomic E-state index is 0.0400. The monoisotopic (exact) mass is 471 g/mol. The molecule has 2 atom stereocenters. The number of rotatable bonds is 6. The Labute approximate surface area is 196 Å². The number of aliphatic hydroxyl groups excluding tert-OH is 1. The van der Waals surface area contributed by atoms with Gasteiger partial charge in [-0.2, -0.15) is 0 Å². The maximum absolute atomic E-state index is 15.6. The fourth-order valence-corrected chi connectivity index (χ4v) is 4.75. The van der Waals surface area contributed by atoms with Crippen molar-refractivity contribution in [3.8, 4) is 0 Å². The summed E-state index contributed by atoms with van der Waals surface area (Å²) in [6.45, 7) is 5.47. The van der Waals surface area contributed by atoms with Gasteiger partial charge in [-0.15, -0.1) is 0 Å². The number of furan rings is 1. The number of carbonyl (C=O) groups is 1. The molecule has 0 saturated heterocycles. The van der Waals surface area contributed by atoms with E-state index in [1.165, 1.54) is 26.8 Å². The van der Waals surface area contributed by atoms with Gasteiger partial charge in [-0.25, -0.2) is 13.2 Å². The van der Waals surface area contributed by atoms with Gasteiger partial charge in [-0.3, -0.25) is 9.69 Å². The molecule has 1 aliphatic rings. The third kappa shape index (κ3) is 4.55. The van der Waals surface area contributed by atoms with Crippen LogP contribution in [0.4, 0.5) is 13.2 Å². The molecule has 0 aliphatic carbocycles. The summed E-state index contributed by atoms with van der Waals surface area (Å²) in [5, 5.41) is 10.3. The van der Waals surface area contributed by atoms with E-state index >= 15 is 8.78 Å². The summed E-state index contributed by atoms with van der Waals surface area (Å²) >= 11 is 0. The third-order valence-electron chi connectivity index (χ3n) is 6.27. The second-order valence-electron chi connectivity index (χ2n) is 9.57. The summed E-state index contributed by atoms with van der Waals surface area (Å²) < 4.78 is 52.0. The predicted molar refractivity (Wildman–Crippen MR) is 125 cm³/mol. The fourth-order valence-electron chi connectivity index (χ4n) is 4.75. The molecular weight excluding hydrogens is 443 g/mol. The van der Waals surface area contributed by atoms with Gasteiger partial charge in [0.1, 0.15) is 34.7 Å². The van der Waals surface area contributed by atoms with Crippen molar-refractivity contribution in [2.75, 3.05) is 13.2 Å². The molecule has 0 spiro atoms. The molecule has 2 aromatic carbocycles. The number of para-hydroxylation sites is 1. The quantitative estimate of drug-likeness (QED) is 0.465. The van der Waals surface area contributed by atoms with E-state index in [-0.39, 0.29) is 29.3 Å². The predicted octanol–water partition coefficient (Wildman–Crippen LogP) is 5.76. The van der Waals surface area contributed by atoms with Gasteiger partial charge < -0.3 is 9.52 Å². The van der Waals surface area contributed by atoms with Gasteiger partial charge in [0.15, 0.2) is 5.78 Å². The lowest BCUT2D eigenvalue weighted by molar-refractivity contribution is -0.113. The Morgan fingerprint density at radius 1 is 1.24 bits per heavy atom. The van der Waals surface area contributed by atoms with Crippen LogP contribution in [0.5, 0.6) is 0 Å². The van der Waals surface area contributed by atoms with Crippen molar-refractivity contribution in [2.45, 2.75) is 51.9 Å². The highest BCUT2D eigenvalue weighted by Gasteiger charge is 2.42. The zero-order chi connectivity index (χ0) is 24.8. The first-order valence-electron chi connectivity index (χ1n) is 11.3. The fraction of sp³-hybridized carbons (Fsp3) is 0.370. The number of hydrogen-bond acceptors (Lipinski definition) is 4. The van der Waals surface area contributed by atoms with Crippen LogP contribution in [0.3, 0.4) is 0 Å². The topological polar surface area (TPSA) is 53.7 Å². The molecule has 34 heavy (non-hydrogen) atoms. The van der Waals surface area contributed by atoms with Gasteiger partial charge in [-0.1, -0.05) is 18.2 Å². The smallest absolute Gasteiger partial charge is 0.158 e. The maximum atomic E-state index is 15.6. The lowest BCUT2D eigenvalue weighted by atomic mass is 9.87. The van der Waals surface area contributed by atoms with E-state index in [0.29, 0.717) is 17.8 Å². The number of fused-ring (bicyclic) bond motifs is 3. The zero-order valence-electron chi connectivity index (χ0n) is 19.7. The first-order chi connectivity index (χ1) is 16.0. The van der Waals surface area contributed by atoms with Crippen LogP contribution in [0.1, 0.15) is 56.2 Å². The van der Waals surface area contributed by atoms with Crippen molar-refractivity contribution in [3.05, 3.63) is 76.1 Å². The average molecular weight is 472 g/mol. The summed E-state index contributed by atoms with van der Waals surface area (Å²) in [7, 11) is 0. The number of ketones is 1. The van der Waals surface area contributed by atoms with Gasteiger partial charge in [0.2, 0.25) is 0 Å². The number of Topliss-reactive ketones (excluding diaryl/α,β-unsaturated/α-hetero) is 1. The molecule has 3 aromatic rings. The van der Waals surface area contributed by atoms with E-state index in [9.17, 15) is 14.3 Å². The van der Waals surface area contributed by atoms with E-state index < -0.39 is 35.7 Å². The van der Waals surface area contributed by atoms with Gasteiger partial charge in [0.25, 0.3) is 0 Å². The molecule has 1 aliphatic heterocycles. The highest BCUT2D eigenvalue weighted by atomic mass is 19.1. The van der Waals surface area contributed by atoms with Gasteiger partial charge in [0.05, 0.1) is 6.61 Å². The lowest BCUT2D eigenvalue weighted by Crippen LogP contribution is -2.48. The molecule has 180 valence electrons. The summed E-state index contributed by atoms with van der Waals surface area (Å²) in [5.74, 6) is -1.65. The van der Waals surface area contributed by atoms with Crippen LogP contribution in [0.2, 0.25) is 0 Å². The molecule has 0 bridgehead atoms. The summed E-state index contributed by atoms with van der Waals surface area (Å²) in [4.78, 5) is 13.4. The van der Waals surface area contributed by atoms with Crippen molar-refractivity contribution in [1.29, 1.82) is 0 Å². The number of alkyl halides is 1. The van der Waals surface area contributed by atoms with Crippen LogP contribution in [-0.2, 0) is 11.2 Å². The highest BCUT2D eigenvalue weighted by Crippen LogP contribution is 2.45. The molecule has 0 unspecified atom stereocenters. The highest BCUT2D eigenvalue weighted by molar-refractivity contribution is 5.98. The van der Waals surface area contributed by atoms with Crippen LogP contribution < -0.4 is 0 Å². The second-order valence-corrected chi connectivity index (χ2v) is 9.57. The van der Waals surface area contributed by atoms with Gasteiger partial charge in [0, 0.05) is 34.7 Å². The Balaban J connectivity index is 1.91. The van der Waals surface area contributed by atoms with E-state index in [4.69, 9.17) is 4.42 Å². The van der Waals surface area contributed by atoms with Crippen LogP contribution in [0.25, 0.3) is 17.0 Å². The summed E-state index contributed by atoms with van der Waals surface area (Å²) in [6, 6.07) is 8.50. The van der Waals surface area contributed by atoms with Crippen LogP contribution >= 0.6 is 0 Å². The van der Waals surface area contributed by atoms with E-state index in [1.54, 1.807) is 11.0 Å². The van der Waals surface area contributed by atoms with Gasteiger partial charge >= 0.3 is 0 Å². The van der Waals surface area contributed by atoms with Crippen molar-refractivity contribution >= 4 is 22.8 Å². The Hall–Kier alpha value is -2.90. The second kappa shape index (κ2) is 9.04. The molecule has 0 amide bonds. The van der Waals surface area contributed by atoms with Crippen LogP contribution in [0, 0.1) is 11.6 Å². The number of aliphatic hydroxyl groups is 1. The van der Waals surface area contributed by atoms with Crippen LogP contribution in [0.15, 0.2) is 46.4 Å².